The van der Waals surface area contributed by atoms with Gasteiger partial charge >= 0.3 is 13.8 Å². The highest BCUT2D eigenvalue weighted by atomic mass is 31.2. The van der Waals surface area contributed by atoms with Gasteiger partial charge in [-0.3, -0.25) is 18.6 Å². The second kappa shape index (κ2) is 64.7. The van der Waals surface area contributed by atoms with Crippen LogP contribution in [0.3, 0.4) is 0 Å². The summed E-state index contributed by atoms with van der Waals surface area (Å²) in [5.74, 6) is -0.494. The highest BCUT2D eigenvalue weighted by Gasteiger charge is 2.30. The first-order valence-electron chi connectivity index (χ1n) is 36.6. The molecule has 1 amide bonds. The van der Waals surface area contributed by atoms with E-state index >= 15 is 0 Å². The molecule has 0 saturated carbocycles. The molecule has 10 heteroatoms. The van der Waals surface area contributed by atoms with Gasteiger partial charge in [-0.15, -0.1) is 0 Å². The molecule has 3 atom stereocenters. The van der Waals surface area contributed by atoms with Gasteiger partial charge in [0, 0.05) is 12.8 Å². The van der Waals surface area contributed by atoms with Crippen molar-refractivity contribution in [3.63, 3.8) is 0 Å². The normalized spacial score (nSPS) is 13.8. The lowest BCUT2D eigenvalue weighted by molar-refractivity contribution is -0.870. The number of hydrogen-bond acceptors (Lipinski definition) is 6. The minimum atomic E-state index is -4.46. The number of rotatable bonds is 67. The zero-order chi connectivity index (χ0) is 62.1. The third kappa shape index (κ3) is 66.0. The molecule has 0 radical (unpaired) electrons. The third-order valence-electron chi connectivity index (χ3n) is 16.4. The quantitative estimate of drug-likeness (QED) is 0.0205. The molecule has 498 valence electrons. The fourth-order valence-corrected chi connectivity index (χ4v) is 11.5. The molecule has 0 aromatic carbocycles. The van der Waals surface area contributed by atoms with Crippen molar-refractivity contribution >= 4 is 19.7 Å². The first-order chi connectivity index (χ1) is 41.4. The second-order valence-corrected chi connectivity index (χ2v) is 27.6. The molecule has 0 aromatic heterocycles. The highest BCUT2D eigenvalue weighted by Crippen LogP contribution is 2.43. The lowest BCUT2D eigenvalue weighted by atomic mass is 10.0. The number of amides is 1. The molecule has 0 aliphatic carbocycles. The van der Waals surface area contributed by atoms with Crippen molar-refractivity contribution in [1.29, 1.82) is 0 Å². The van der Waals surface area contributed by atoms with Crippen molar-refractivity contribution in [2.24, 2.45) is 0 Å². The van der Waals surface area contributed by atoms with Gasteiger partial charge in [-0.1, -0.05) is 307 Å². The molecule has 0 bridgehead atoms. The lowest BCUT2D eigenvalue weighted by Gasteiger charge is -2.27. The molecule has 3 unspecified atom stereocenters. The van der Waals surface area contributed by atoms with Crippen LogP contribution >= 0.6 is 7.82 Å². The molecule has 0 aliphatic heterocycles. The Balaban J connectivity index is 5.07. The Kier molecular flexibility index (Phi) is 62.9. The van der Waals surface area contributed by atoms with E-state index in [4.69, 9.17) is 13.8 Å². The van der Waals surface area contributed by atoms with Crippen LogP contribution in [0.2, 0.25) is 0 Å². The summed E-state index contributed by atoms with van der Waals surface area (Å²) in [7, 11) is 1.50. The molecule has 0 heterocycles. The average Bonchev–Trinajstić information content (AvgIpc) is 3.48. The summed E-state index contributed by atoms with van der Waals surface area (Å²) < 4.78 is 30.9. The Morgan fingerprint density at radius 3 is 1.11 bits per heavy atom. The van der Waals surface area contributed by atoms with Crippen molar-refractivity contribution in [3.8, 4) is 0 Å². The summed E-state index contributed by atoms with van der Waals surface area (Å²) in [4.78, 5) is 38.0. The van der Waals surface area contributed by atoms with E-state index in [1.807, 2.05) is 33.3 Å². The monoisotopic (exact) mass is 1210 g/mol. The van der Waals surface area contributed by atoms with Gasteiger partial charge in [0.15, 0.2) is 0 Å². The highest BCUT2D eigenvalue weighted by molar-refractivity contribution is 7.47. The van der Waals surface area contributed by atoms with Crippen molar-refractivity contribution in [3.05, 3.63) is 60.8 Å². The van der Waals surface area contributed by atoms with Crippen LogP contribution in [-0.2, 0) is 27.9 Å². The summed E-state index contributed by atoms with van der Waals surface area (Å²) >= 11 is 0. The number of phosphoric ester groups is 1. The zero-order valence-electron chi connectivity index (χ0n) is 57.1. The van der Waals surface area contributed by atoms with Gasteiger partial charge in [-0.25, -0.2) is 4.57 Å². The van der Waals surface area contributed by atoms with E-state index in [0.29, 0.717) is 23.9 Å². The van der Waals surface area contributed by atoms with E-state index in [1.54, 1.807) is 0 Å². The fourth-order valence-electron chi connectivity index (χ4n) is 10.8. The van der Waals surface area contributed by atoms with E-state index in [-0.39, 0.29) is 25.1 Å². The van der Waals surface area contributed by atoms with E-state index < -0.39 is 20.0 Å². The zero-order valence-corrected chi connectivity index (χ0v) is 58.0. The number of likely N-dealkylation sites (N-methyl/N-ethyl adjacent to an activating group) is 1. The Morgan fingerprint density at radius 1 is 0.412 bits per heavy atom. The number of nitrogens with zero attached hydrogens (tertiary/aromatic N) is 1. The third-order valence-corrected chi connectivity index (χ3v) is 17.4. The fraction of sp³-hybridized carbons (Fsp3) is 0.840. The molecule has 0 aliphatic rings. The van der Waals surface area contributed by atoms with E-state index in [2.05, 4.69) is 74.7 Å². The molecule has 85 heavy (non-hydrogen) atoms. The Morgan fingerprint density at radius 2 is 0.718 bits per heavy atom. The number of allylic oxidation sites excluding steroid dienone is 9. The largest absolute Gasteiger partial charge is 0.472 e. The minimum absolute atomic E-state index is 0.0403. The summed E-state index contributed by atoms with van der Waals surface area (Å²) in [6.45, 7) is 7.03. The van der Waals surface area contributed by atoms with E-state index in [1.165, 1.54) is 250 Å². The summed E-state index contributed by atoms with van der Waals surface area (Å²) in [5, 5.41) is 3.08. The van der Waals surface area contributed by atoms with Gasteiger partial charge < -0.3 is 19.4 Å². The maximum absolute atomic E-state index is 13.6. The van der Waals surface area contributed by atoms with Crippen molar-refractivity contribution in [2.75, 3.05) is 40.9 Å². The van der Waals surface area contributed by atoms with Crippen LogP contribution in [0.4, 0.5) is 0 Å². The van der Waals surface area contributed by atoms with Gasteiger partial charge in [-0.2, -0.15) is 0 Å². The first kappa shape index (κ1) is 82.7. The molecule has 2 N–H and O–H groups in total. The van der Waals surface area contributed by atoms with Crippen molar-refractivity contribution in [1.82, 2.24) is 5.32 Å². The summed E-state index contributed by atoms with van der Waals surface area (Å²) in [6.07, 6.45) is 83.7. The lowest BCUT2D eigenvalue weighted by Crippen LogP contribution is -2.47. The second-order valence-electron chi connectivity index (χ2n) is 26.1. The number of hydrogen-bond donors (Lipinski definition) is 2. The number of nitrogens with one attached hydrogen (secondary N) is 1. The summed E-state index contributed by atoms with van der Waals surface area (Å²) in [6, 6.07) is -0.851. The van der Waals surface area contributed by atoms with Crippen LogP contribution in [0.15, 0.2) is 60.8 Å². The maximum atomic E-state index is 13.6. The van der Waals surface area contributed by atoms with Gasteiger partial charge in [0.1, 0.15) is 19.3 Å². The van der Waals surface area contributed by atoms with Gasteiger partial charge in [0.2, 0.25) is 5.91 Å². The number of phosphoric acid groups is 1. The molecule has 0 spiro atoms. The SMILES string of the molecule is CCCCC/C=C\C/C=C\C/C=C\CCCCCCCCCCCCCCC(=O)OC(/C=C/CCCCCCCCCCCCC)C(COP(=O)(O)OCC[N+](C)(C)C)NC(=O)CCCCCCCCCCCCC/C=C/CCCCCCCC. The minimum Gasteiger partial charge on any atom is -0.456 e. The average molecular weight is 1210 g/mol. The molecule has 0 fully saturated rings. The van der Waals surface area contributed by atoms with Crippen molar-refractivity contribution in [2.45, 2.75) is 367 Å². The van der Waals surface area contributed by atoms with Crippen LogP contribution in [0.1, 0.15) is 355 Å². The van der Waals surface area contributed by atoms with Crippen LogP contribution in [0.5, 0.6) is 0 Å². The molecular formula is C75H142N2O7P+. The molecule has 0 saturated heterocycles. The number of unbranched alkanes of at least 4 members (excludes halogenated alkanes) is 43. The summed E-state index contributed by atoms with van der Waals surface area (Å²) in [5.41, 5.74) is 0. The van der Waals surface area contributed by atoms with Crippen LogP contribution < -0.4 is 5.32 Å². The van der Waals surface area contributed by atoms with E-state index in [9.17, 15) is 19.0 Å². The first-order valence-corrected chi connectivity index (χ1v) is 38.1. The number of ether oxygens (including phenoxy) is 1. The van der Waals surface area contributed by atoms with Gasteiger partial charge in [-0.05, 0) is 96.0 Å². The smallest absolute Gasteiger partial charge is 0.456 e. The number of carbonyl (C=O) groups is 2. The molecule has 9 nitrogen and oxygen atoms in total. The molecular weight excluding hydrogens is 1070 g/mol. The predicted molar refractivity (Wildman–Crippen MR) is 369 cm³/mol. The van der Waals surface area contributed by atoms with E-state index in [0.717, 1.165) is 70.6 Å². The number of esters is 1. The van der Waals surface area contributed by atoms with Crippen LogP contribution in [-0.4, -0.2) is 74.3 Å². The number of quaternary nitrogens is 1. The predicted octanol–water partition coefficient (Wildman–Crippen LogP) is 23.3. The van der Waals surface area contributed by atoms with Crippen LogP contribution in [0, 0.1) is 0 Å². The molecule has 0 rings (SSSR count). The van der Waals surface area contributed by atoms with Gasteiger partial charge in [0.25, 0.3) is 0 Å². The Bertz CT molecular complexity index is 1640. The number of carbonyl (C=O) groups excluding carboxylic acids is 2. The molecule has 0 aromatic rings. The Labute approximate surface area is 528 Å². The maximum Gasteiger partial charge on any atom is 0.472 e. The van der Waals surface area contributed by atoms with Crippen LogP contribution in [0.25, 0.3) is 0 Å². The topological polar surface area (TPSA) is 111 Å². The van der Waals surface area contributed by atoms with Crippen molar-refractivity contribution < 1.29 is 37.3 Å². The van der Waals surface area contributed by atoms with Gasteiger partial charge in [0.05, 0.1) is 33.8 Å². The Hall–Kier alpha value is -2.29. The standard InChI is InChI=1S/C75H141N2O7P/c1-7-10-13-16-19-22-25-28-30-32-34-36-37-38-39-41-43-45-47-50-53-56-59-62-65-68-75(79)84-73(66-63-60-57-54-51-48-27-24-21-18-15-12-9-3)72(71-83-85(80,81)82-70-69-77(4,5)6)76-74(78)67-64-61-58-55-52-49-46-44-42-40-35-33-31-29-26-23-20-17-14-11-8-2/h19,22,28-31,34,36,63,66,72-73H,7-18,20-21,23-27,32-33,35,37-62,64-65,67-71H2,1-6H3,(H-,76,78,80,81)/p+1/b22-19-,30-28-,31-29+,36-34-,66-63+.